The number of halogens is 1. The Hall–Kier alpha value is -3.13. The minimum Gasteiger partial charge on any atom is -0.493 e. The maximum atomic E-state index is 14.0. The molecule has 0 saturated carbocycles. The van der Waals surface area contributed by atoms with Crippen LogP contribution >= 0.6 is 0 Å². The number of likely N-dealkylation sites (tertiary alicyclic amines) is 1. The lowest BCUT2D eigenvalue weighted by molar-refractivity contribution is -0.138. The van der Waals surface area contributed by atoms with Crippen LogP contribution in [0.3, 0.4) is 0 Å². The van der Waals surface area contributed by atoms with E-state index in [0.29, 0.717) is 18.1 Å². The average molecular weight is 459 g/mol. The van der Waals surface area contributed by atoms with Crippen molar-refractivity contribution in [2.45, 2.75) is 51.3 Å². The zero-order valence-electron chi connectivity index (χ0n) is 19.2. The van der Waals surface area contributed by atoms with Crippen LogP contribution in [0.1, 0.15) is 43.9 Å². The monoisotopic (exact) mass is 458 g/mol. The van der Waals surface area contributed by atoms with Crippen LogP contribution in [-0.2, 0) is 16.0 Å². The summed E-state index contributed by atoms with van der Waals surface area (Å²) in [6.45, 7) is 4.46. The van der Waals surface area contributed by atoms with Crippen LogP contribution in [-0.4, -0.2) is 54.2 Å². The van der Waals surface area contributed by atoms with Crippen molar-refractivity contribution in [3.8, 4) is 11.5 Å². The van der Waals surface area contributed by atoms with Gasteiger partial charge in [-0.2, -0.15) is 0 Å². The lowest BCUT2D eigenvalue weighted by Gasteiger charge is -2.26. The first-order valence-electron chi connectivity index (χ1n) is 11.2. The topological polar surface area (TPSA) is 88.1 Å². The Morgan fingerprint density at radius 2 is 2.00 bits per heavy atom. The number of benzene rings is 2. The van der Waals surface area contributed by atoms with Crippen molar-refractivity contribution in [1.29, 1.82) is 0 Å². The number of amides is 2. The summed E-state index contributed by atoms with van der Waals surface area (Å²) in [4.78, 5) is 27.2. The molecule has 1 fully saturated rings. The normalized spacial score (nSPS) is 18.6. The van der Waals surface area contributed by atoms with Gasteiger partial charge in [-0.25, -0.2) is 4.39 Å². The largest absolute Gasteiger partial charge is 0.493 e. The quantitative estimate of drug-likeness (QED) is 0.603. The molecule has 2 amide bonds. The zero-order valence-corrected chi connectivity index (χ0v) is 19.2. The first kappa shape index (κ1) is 24.5. The lowest BCUT2D eigenvalue weighted by Crippen LogP contribution is -2.47. The average Bonchev–Trinajstić information content (AvgIpc) is 3.21. The van der Waals surface area contributed by atoms with Gasteiger partial charge in [-0.1, -0.05) is 31.2 Å². The summed E-state index contributed by atoms with van der Waals surface area (Å²) in [6.07, 6.45) is 0.0244. The molecule has 1 aliphatic rings. The minimum atomic E-state index is -0.823. The van der Waals surface area contributed by atoms with E-state index in [1.165, 1.54) is 17.0 Å². The maximum absolute atomic E-state index is 14.0. The number of aliphatic hydroxyl groups excluding tert-OH is 1. The van der Waals surface area contributed by atoms with E-state index in [1.54, 1.807) is 31.4 Å². The maximum Gasteiger partial charge on any atom is 0.243 e. The number of nitrogens with zero attached hydrogens (tertiary/aromatic N) is 1. The van der Waals surface area contributed by atoms with E-state index >= 15 is 0 Å². The molecular formula is C25H31FN2O5. The van der Waals surface area contributed by atoms with Crippen molar-refractivity contribution < 1.29 is 28.6 Å². The van der Waals surface area contributed by atoms with Gasteiger partial charge in [-0.3, -0.25) is 9.59 Å². The van der Waals surface area contributed by atoms with Gasteiger partial charge in [0.2, 0.25) is 11.8 Å². The Labute approximate surface area is 193 Å². The Morgan fingerprint density at radius 3 is 2.70 bits per heavy atom. The van der Waals surface area contributed by atoms with E-state index in [9.17, 15) is 19.1 Å². The second kappa shape index (κ2) is 11.1. The van der Waals surface area contributed by atoms with Crippen molar-refractivity contribution in [2.24, 2.45) is 0 Å². The van der Waals surface area contributed by atoms with E-state index < -0.39 is 23.9 Å². The molecule has 0 aromatic heterocycles. The van der Waals surface area contributed by atoms with Crippen molar-refractivity contribution in [3.05, 3.63) is 59.4 Å². The molecule has 0 aliphatic carbocycles. The van der Waals surface area contributed by atoms with Gasteiger partial charge in [0.1, 0.15) is 11.9 Å². The number of methoxy groups -OCH3 is 1. The van der Waals surface area contributed by atoms with Crippen molar-refractivity contribution in [1.82, 2.24) is 10.2 Å². The Balaban J connectivity index is 1.68. The van der Waals surface area contributed by atoms with Crippen LogP contribution in [0.2, 0.25) is 0 Å². The van der Waals surface area contributed by atoms with Crippen LogP contribution in [0.4, 0.5) is 4.39 Å². The predicted molar refractivity (Wildman–Crippen MR) is 122 cm³/mol. The molecule has 2 aromatic rings. The highest BCUT2D eigenvalue weighted by Crippen LogP contribution is 2.31. The molecule has 0 radical (unpaired) electrons. The highest BCUT2D eigenvalue weighted by Gasteiger charge is 2.39. The Kier molecular flexibility index (Phi) is 8.27. The van der Waals surface area contributed by atoms with Crippen molar-refractivity contribution in [3.63, 3.8) is 0 Å². The van der Waals surface area contributed by atoms with Gasteiger partial charge in [-0.05, 0) is 42.7 Å². The fraction of sp³-hybridized carbons (Fsp3) is 0.440. The number of nitrogens with one attached hydrogen (secondary N) is 1. The third kappa shape index (κ3) is 6.01. The van der Waals surface area contributed by atoms with Crippen LogP contribution in [0.25, 0.3) is 0 Å². The second-order valence-corrected chi connectivity index (χ2v) is 8.21. The summed E-state index contributed by atoms with van der Waals surface area (Å²) in [5, 5.41) is 13.0. The zero-order chi connectivity index (χ0) is 24.0. The molecule has 0 spiro atoms. The smallest absolute Gasteiger partial charge is 0.243 e. The number of β-amino-alcohol motifs (C(OH)–C–C–N with tert-alkyl or cyclic N) is 1. The minimum absolute atomic E-state index is 0.0387. The fourth-order valence-corrected chi connectivity index (χ4v) is 3.92. The van der Waals surface area contributed by atoms with Gasteiger partial charge in [0.25, 0.3) is 0 Å². The third-order valence-electron chi connectivity index (χ3n) is 5.71. The number of aliphatic hydroxyl groups is 1. The molecule has 1 aliphatic heterocycles. The van der Waals surface area contributed by atoms with Gasteiger partial charge in [0.15, 0.2) is 11.5 Å². The van der Waals surface area contributed by atoms with Crippen LogP contribution in [0, 0.1) is 5.82 Å². The molecule has 1 saturated heterocycles. The van der Waals surface area contributed by atoms with Crippen molar-refractivity contribution >= 4 is 11.8 Å². The highest BCUT2D eigenvalue weighted by atomic mass is 19.1. The molecule has 7 nitrogen and oxygen atoms in total. The third-order valence-corrected chi connectivity index (χ3v) is 5.71. The molecule has 178 valence electrons. The number of ether oxygens (including phenoxy) is 2. The molecule has 2 aromatic carbocycles. The Bertz CT molecular complexity index is 983. The van der Waals surface area contributed by atoms with Gasteiger partial charge in [0.05, 0.1) is 32.3 Å². The number of hydrogen-bond donors (Lipinski definition) is 2. The first-order chi connectivity index (χ1) is 15.8. The molecule has 3 rings (SSSR count). The van der Waals surface area contributed by atoms with Crippen LogP contribution < -0.4 is 14.8 Å². The van der Waals surface area contributed by atoms with Crippen LogP contribution in [0.5, 0.6) is 11.5 Å². The van der Waals surface area contributed by atoms with Crippen LogP contribution in [0.15, 0.2) is 42.5 Å². The SMILES string of the molecule is CCCOc1ccc(C(C)NC(=O)C2CC(O)CN2C(=O)Cc2ccccc2F)cc1OC. The second-order valence-electron chi connectivity index (χ2n) is 8.21. The van der Waals surface area contributed by atoms with Gasteiger partial charge in [-0.15, -0.1) is 0 Å². The predicted octanol–water partition coefficient (Wildman–Crippen LogP) is 3.00. The first-order valence-corrected chi connectivity index (χ1v) is 11.2. The number of rotatable bonds is 9. The summed E-state index contributed by atoms with van der Waals surface area (Å²) in [5.41, 5.74) is 1.07. The molecule has 1 heterocycles. The molecule has 3 atom stereocenters. The van der Waals surface area contributed by atoms with Gasteiger partial charge in [0, 0.05) is 13.0 Å². The van der Waals surface area contributed by atoms with Gasteiger partial charge >= 0.3 is 0 Å². The van der Waals surface area contributed by atoms with E-state index in [2.05, 4.69) is 5.32 Å². The standard InChI is InChI=1S/C25H31FN2O5/c1-4-11-33-22-10-9-17(12-23(22)32-3)16(2)27-25(31)21-14-19(29)15-28(21)24(30)13-18-7-5-6-8-20(18)26/h5-10,12,16,19,21,29H,4,11,13-15H2,1-3H3,(H,27,31). The van der Waals surface area contributed by atoms with E-state index in [4.69, 9.17) is 9.47 Å². The molecule has 33 heavy (non-hydrogen) atoms. The van der Waals surface area contributed by atoms with Crippen molar-refractivity contribution in [2.75, 3.05) is 20.3 Å². The number of hydrogen-bond acceptors (Lipinski definition) is 5. The summed E-state index contributed by atoms with van der Waals surface area (Å²) in [7, 11) is 1.56. The summed E-state index contributed by atoms with van der Waals surface area (Å²) in [5.74, 6) is -0.0409. The van der Waals surface area contributed by atoms with E-state index in [-0.39, 0.29) is 36.9 Å². The molecule has 0 bridgehead atoms. The highest BCUT2D eigenvalue weighted by molar-refractivity contribution is 5.89. The Morgan fingerprint density at radius 1 is 1.24 bits per heavy atom. The molecule has 3 unspecified atom stereocenters. The number of carbonyl (C=O) groups is 2. The molecule has 8 heteroatoms. The molecular weight excluding hydrogens is 427 g/mol. The van der Waals surface area contributed by atoms with E-state index in [0.717, 1.165) is 12.0 Å². The summed E-state index contributed by atoms with van der Waals surface area (Å²) >= 11 is 0. The molecule has 2 N–H and O–H groups in total. The van der Waals surface area contributed by atoms with E-state index in [1.807, 2.05) is 19.9 Å². The lowest BCUT2D eigenvalue weighted by atomic mass is 10.1. The summed E-state index contributed by atoms with van der Waals surface area (Å²) in [6, 6.07) is 10.3. The fourth-order valence-electron chi connectivity index (χ4n) is 3.92. The number of carbonyl (C=O) groups excluding carboxylic acids is 2. The summed E-state index contributed by atoms with van der Waals surface area (Å²) < 4.78 is 25.1. The van der Waals surface area contributed by atoms with Gasteiger partial charge < -0.3 is 24.8 Å².